The summed E-state index contributed by atoms with van der Waals surface area (Å²) < 4.78 is 307. The Hall–Kier alpha value is -16.2. The second-order valence-electron chi connectivity index (χ2n) is 38.1. The molecule has 0 atom stereocenters. The highest BCUT2D eigenvalue weighted by molar-refractivity contribution is 7.00. The summed E-state index contributed by atoms with van der Waals surface area (Å²) in [6.07, 6.45) is 0. The van der Waals surface area contributed by atoms with Crippen LogP contribution in [0.4, 0.5) is 34.1 Å². The average molecular weight is 1750 g/mol. The first kappa shape index (κ1) is 53.2. The Kier molecular flexibility index (Phi) is 11.4. The number of aromatic nitrogens is 4. The Morgan fingerprint density at radius 1 is 0.239 bits per heavy atom. The Morgan fingerprint density at radius 3 is 0.910 bits per heavy atom. The molecule has 0 amide bonds. The van der Waals surface area contributed by atoms with Crippen molar-refractivity contribution in [2.45, 2.75) is 78.6 Å². The summed E-state index contributed by atoms with van der Waals surface area (Å²) in [6, 6.07) is 50.8. The molecule has 5 aromatic heterocycles. The van der Waals surface area contributed by atoms with E-state index >= 15 is 0 Å². The molecule has 8 heterocycles. The van der Waals surface area contributed by atoms with Crippen LogP contribution in [0.3, 0.4) is 0 Å². The Bertz CT molecular complexity index is 10400. The van der Waals surface area contributed by atoms with E-state index in [0.717, 1.165) is 81.1 Å². The highest BCUT2D eigenvalue weighted by atomic mass is 16.3. The fourth-order valence-corrected chi connectivity index (χ4v) is 20.8. The zero-order chi connectivity index (χ0) is 116. The molecule has 0 unspecified atom stereocenters. The molecule has 27 rings (SSSR count). The minimum Gasteiger partial charge on any atom is -0.456 e. The third-order valence-corrected chi connectivity index (χ3v) is 27.3. The van der Waals surface area contributed by atoms with Gasteiger partial charge in [0.25, 0.3) is 6.71 Å². The molecule has 0 aliphatic carbocycles. The fourth-order valence-electron chi connectivity index (χ4n) is 20.8. The van der Waals surface area contributed by atoms with Gasteiger partial charge in [-0.3, -0.25) is 0 Å². The van der Waals surface area contributed by atoms with Gasteiger partial charge < -0.3 is 32.5 Å². The van der Waals surface area contributed by atoms with Crippen LogP contribution in [0.1, 0.15) is 120 Å². The van der Waals surface area contributed by atoms with E-state index in [9.17, 15) is 35.6 Å². The number of nitrogens with zero attached hydrogens (tertiary/aromatic N) is 6. The Balaban J connectivity index is 0.845. The molecule has 13 bridgehead atoms. The monoisotopic (exact) mass is 1750 g/mol. The van der Waals surface area contributed by atoms with Gasteiger partial charge in [0.05, 0.1) is 96.6 Å². The summed E-state index contributed by atoms with van der Waals surface area (Å²) in [5.41, 5.74) is 11.6. The first-order valence-electron chi connectivity index (χ1n) is 59.7. The van der Waals surface area contributed by atoms with Crippen LogP contribution < -0.4 is 26.2 Å². The number of furan rings is 1. The molecule has 19 aromatic carbocycles. The molecule has 636 valence electrons. The van der Waals surface area contributed by atoms with Crippen molar-refractivity contribution < 1.29 is 45.5 Å². The Morgan fingerprint density at radius 2 is 0.545 bits per heavy atom. The van der Waals surface area contributed by atoms with Gasteiger partial charge in [0.1, 0.15) is 11.2 Å². The lowest BCUT2D eigenvalue weighted by Gasteiger charge is -2.47. The smallest absolute Gasteiger partial charge is 0.252 e. The maximum absolute atomic E-state index is 11.0. The van der Waals surface area contributed by atoms with E-state index in [2.05, 4.69) is 193 Å². The zero-order valence-corrected chi connectivity index (χ0v) is 74.0. The van der Waals surface area contributed by atoms with E-state index in [4.69, 9.17) is 9.90 Å². The standard InChI is InChI=1S/C126H93BN6O/c1-124(2,3)84-66-97(76-30-12-10-13-31-76)122-99(68-84)82-36-28-34-78(62-82)80-50-60-119-103(64-80)104-65-81(51-61-120(104)134-119)79-35-29-37-83(63-79)100-69-85(125(4,5)6)67-98(77-32-14-11-15-33-77)123(100)133-116-75-90(131-112-49-27-21-43-96(112)102-73-88(55-59-114(102)131)129-109-46-24-18-40-93(109)94-41-19-25-47-110(94)129)53-57-106(116)127-105-56-52-89(74-115(105)132(122)117-70-86(126(7,8)9)71-118(133)121(117)127)130-111-48-26-20-42-95(111)101-72-87(54-58-113(101)130)128-107-44-22-16-38-91(107)92-39-17-23-45-108(92)128/h10-75H,1-9H3/i16D,17D,18D,19D,20D,21D,22D,23D,24D,25D,26D,27D,38D,39D,40D,41D,42D,43D,44D,45D,46D,47D,48D,49D,54D,55D,58D,59D,72D,73D. The first-order valence-corrected chi connectivity index (χ1v) is 44.7. The van der Waals surface area contributed by atoms with Gasteiger partial charge >= 0.3 is 0 Å². The van der Waals surface area contributed by atoms with E-state index in [-0.39, 0.29) is 55.0 Å². The zero-order valence-electron chi connectivity index (χ0n) is 104. The quantitative estimate of drug-likeness (QED) is 0.156. The fraction of sp³-hybridized carbons (Fsp3) is 0.0952. The number of anilines is 6. The van der Waals surface area contributed by atoms with Gasteiger partial charge in [0.15, 0.2) is 0 Å². The van der Waals surface area contributed by atoms with E-state index in [0.29, 0.717) is 83.9 Å². The predicted molar refractivity (Wildman–Crippen MR) is 567 cm³/mol. The van der Waals surface area contributed by atoms with Crippen LogP contribution >= 0.6 is 0 Å². The molecular weight excluding hydrogens is 1620 g/mol. The molecule has 0 N–H and O–H groups in total. The van der Waals surface area contributed by atoms with E-state index in [1.54, 1.807) is 12.1 Å². The van der Waals surface area contributed by atoms with Crippen molar-refractivity contribution in [3.8, 4) is 89.5 Å². The van der Waals surface area contributed by atoms with Gasteiger partial charge in [-0.25, -0.2) is 0 Å². The van der Waals surface area contributed by atoms with Crippen LogP contribution in [0.15, 0.2) is 404 Å². The molecule has 3 aliphatic rings. The van der Waals surface area contributed by atoms with Crippen LogP contribution in [0.5, 0.6) is 0 Å². The number of rotatable bonds is 6. The SMILES string of the molecule is [2H]c1c([2H])c([2H])c2c(c1[2H])c1c([2H])c(-n3c4c([2H])c([2H])c([2H])c([2H])c4c4c([2H])c([2H])c([2H])c([2H])c43)c([2H])c([2H])c1n2-c1ccc2c(c1)N1c3cc(C(C)(C)C)cc4c3B2c2ccc(-n3c5c([2H])c([2H])c([2H])c([2H])c5c5c([2H])c(-n6c7c([2H])c([2H])c([2H])c([2H])c7c7c([2H])c([2H])c([2H])c([2H])c76)c([2H])c([2H])c53)cc2N4c2c(-c3ccccc3)cc(C(C)(C)C)cc2-c2cccc(c2)-c2ccc3oc4ccc(cc4c3c2)-c2cccc(c2)-c2cc(C(C)(C)C)cc(-c3ccccc3)c21. The molecule has 7 nitrogen and oxygen atoms in total. The molecule has 3 aliphatic heterocycles. The van der Waals surface area contributed by atoms with Crippen molar-refractivity contribution in [2.24, 2.45) is 0 Å². The maximum Gasteiger partial charge on any atom is 0.252 e. The number of fused-ring (bicyclic) bond motifs is 32. The van der Waals surface area contributed by atoms with Crippen molar-refractivity contribution in [1.82, 2.24) is 18.3 Å². The van der Waals surface area contributed by atoms with Crippen molar-refractivity contribution in [3.05, 3.63) is 416 Å². The molecule has 0 saturated carbocycles. The number of para-hydroxylation sites is 6. The van der Waals surface area contributed by atoms with Gasteiger partial charge in [0, 0.05) is 122 Å². The number of hydrogen-bond acceptors (Lipinski definition) is 3. The lowest BCUT2D eigenvalue weighted by atomic mass is 9.33. The minimum absolute atomic E-state index is 0.0862. The second-order valence-corrected chi connectivity index (χ2v) is 38.1. The van der Waals surface area contributed by atoms with Crippen LogP contribution in [-0.4, -0.2) is 25.0 Å². The predicted octanol–water partition coefficient (Wildman–Crippen LogP) is 32.3. The third-order valence-electron chi connectivity index (χ3n) is 27.3. The largest absolute Gasteiger partial charge is 0.456 e. The molecule has 0 saturated heterocycles. The van der Waals surface area contributed by atoms with Crippen molar-refractivity contribution >= 4 is 166 Å². The van der Waals surface area contributed by atoms with Crippen molar-refractivity contribution in [1.29, 1.82) is 0 Å². The molecular formula is C126H93BN6O. The molecule has 24 aromatic rings. The molecule has 0 radical (unpaired) electrons. The summed E-state index contributed by atoms with van der Waals surface area (Å²) in [7, 11) is 0. The molecule has 134 heavy (non-hydrogen) atoms. The van der Waals surface area contributed by atoms with E-state index in [1.165, 1.54) is 9.13 Å². The van der Waals surface area contributed by atoms with E-state index in [1.807, 2.05) is 84.9 Å². The minimum atomic E-state index is -1.05. The highest BCUT2D eigenvalue weighted by Gasteiger charge is 2.47. The summed E-state index contributed by atoms with van der Waals surface area (Å²) >= 11 is 0. The number of benzene rings is 19. The second kappa shape index (κ2) is 28.7. The molecule has 0 fully saturated rings. The normalized spacial score (nSPS) is 16.2. The highest BCUT2D eigenvalue weighted by Crippen LogP contribution is 2.57. The van der Waals surface area contributed by atoms with Crippen LogP contribution in [0.25, 0.3) is 199 Å². The van der Waals surface area contributed by atoms with Gasteiger partial charge in [-0.2, -0.15) is 0 Å². The molecule has 8 heteroatoms. The van der Waals surface area contributed by atoms with Crippen LogP contribution in [-0.2, 0) is 16.2 Å². The summed E-state index contributed by atoms with van der Waals surface area (Å²) in [6.45, 7) is 18.2. The summed E-state index contributed by atoms with van der Waals surface area (Å²) in [5.74, 6) is 0. The Labute approximate surface area is 820 Å². The first-order chi connectivity index (χ1) is 77.8. The van der Waals surface area contributed by atoms with Gasteiger partial charge in [0.2, 0.25) is 0 Å². The molecule has 0 spiro atoms. The summed E-state index contributed by atoms with van der Waals surface area (Å²) in [4.78, 5) is 4.51. The number of hydrogen-bond donors (Lipinski definition) is 0. The van der Waals surface area contributed by atoms with Crippen LogP contribution in [0.2, 0.25) is 0 Å². The lowest BCUT2D eigenvalue weighted by molar-refractivity contribution is 0.590. The third kappa shape index (κ3) is 11.7. The summed E-state index contributed by atoms with van der Waals surface area (Å²) in [5, 5.41) is -1.29. The topological polar surface area (TPSA) is 39.3 Å². The maximum atomic E-state index is 11.0. The van der Waals surface area contributed by atoms with Gasteiger partial charge in [-0.1, -0.05) is 292 Å². The van der Waals surface area contributed by atoms with Gasteiger partial charge in [-0.15, -0.1) is 0 Å². The average Bonchev–Trinajstić information content (AvgIpc) is 1.17. The van der Waals surface area contributed by atoms with Crippen molar-refractivity contribution in [3.63, 3.8) is 0 Å². The van der Waals surface area contributed by atoms with Crippen molar-refractivity contribution in [2.75, 3.05) is 9.80 Å². The van der Waals surface area contributed by atoms with E-state index < -0.39 is 259 Å². The van der Waals surface area contributed by atoms with Gasteiger partial charge in [-0.05, 0) is 263 Å². The lowest BCUT2D eigenvalue weighted by Crippen LogP contribution is -2.61. The van der Waals surface area contributed by atoms with Crippen LogP contribution in [0, 0.1) is 0 Å².